The number of pyridine rings is 1. The van der Waals surface area contributed by atoms with Crippen LogP contribution in [0.2, 0.25) is 0 Å². The summed E-state index contributed by atoms with van der Waals surface area (Å²) < 4.78 is 27.4. The van der Waals surface area contributed by atoms with Gasteiger partial charge in [0.2, 0.25) is 0 Å². The molecule has 3 N–H and O–H groups in total. The van der Waals surface area contributed by atoms with Gasteiger partial charge in [0.05, 0.1) is 0 Å². The van der Waals surface area contributed by atoms with Crippen molar-refractivity contribution < 1.29 is 13.2 Å². The number of hydrogen-bond donors (Lipinski definition) is 2. The fraction of sp³-hybridized carbons (Fsp3) is 0.0769. The maximum Gasteiger partial charge on any atom is 0.265 e. The second kappa shape index (κ2) is 5.82. The van der Waals surface area contributed by atoms with Gasteiger partial charge in [0, 0.05) is 21.9 Å². The Bertz CT molecular complexity index is 789. The smallest absolute Gasteiger partial charge is 0.265 e. The molecule has 0 bridgehead atoms. The SMILES string of the molecule is CC(=O)c1ccc(NS(=O)(=O)c2cc(Br)cnc2N)cc1. The van der Waals surface area contributed by atoms with E-state index in [1.165, 1.54) is 31.3 Å². The van der Waals surface area contributed by atoms with Gasteiger partial charge in [-0.05, 0) is 53.2 Å². The molecule has 0 amide bonds. The van der Waals surface area contributed by atoms with Gasteiger partial charge in [0.25, 0.3) is 10.0 Å². The molecule has 0 aliphatic rings. The average molecular weight is 370 g/mol. The van der Waals surface area contributed by atoms with E-state index in [-0.39, 0.29) is 16.5 Å². The van der Waals surface area contributed by atoms with E-state index in [4.69, 9.17) is 5.73 Å². The van der Waals surface area contributed by atoms with Crippen molar-refractivity contribution in [1.82, 2.24) is 4.98 Å². The predicted octanol–water partition coefficient (Wildman–Crippen LogP) is 2.43. The number of rotatable bonds is 4. The summed E-state index contributed by atoms with van der Waals surface area (Å²) in [6, 6.07) is 7.48. The summed E-state index contributed by atoms with van der Waals surface area (Å²) in [7, 11) is -3.85. The Morgan fingerprint density at radius 2 is 1.90 bits per heavy atom. The molecule has 0 radical (unpaired) electrons. The Kier molecular flexibility index (Phi) is 4.29. The van der Waals surface area contributed by atoms with Crippen LogP contribution in [0.25, 0.3) is 0 Å². The van der Waals surface area contributed by atoms with Crippen molar-refractivity contribution in [3.8, 4) is 0 Å². The van der Waals surface area contributed by atoms with Crippen molar-refractivity contribution >= 4 is 43.2 Å². The molecule has 0 fully saturated rings. The number of anilines is 2. The molecular weight excluding hydrogens is 358 g/mol. The summed E-state index contributed by atoms with van der Waals surface area (Å²) in [6.07, 6.45) is 1.41. The maximum absolute atomic E-state index is 12.3. The first-order chi connectivity index (χ1) is 9.79. The van der Waals surface area contributed by atoms with Gasteiger partial charge in [0.15, 0.2) is 5.78 Å². The molecule has 0 saturated carbocycles. The Balaban J connectivity index is 2.33. The number of carbonyl (C=O) groups is 1. The fourth-order valence-corrected chi connectivity index (χ4v) is 3.28. The number of aromatic nitrogens is 1. The van der Waals surface area contributed by atoms with Crippen LogP contribution >= 0.6 is 15.9 Å². The van der Waals surface area contributed by atoms with Gasteiger partial charge in [-0.3, -0.25) is 9.52 Å². The van der Waals surface area contributed by atoms with Gasteiger partial charge in [-0.15, -0.1) is 0 Å². The lowest BCUT2D eigenvalue weighted by atomic mass is 10.1. The van der Waals surface area contributed by atoms with E-state index in [1.807, 2.05) is 0 Å². The third-order valence-electron chi connectivity index (χ3n) is 2.68. The highest BCUT2D eigenvalue weighted by Crippen LogP contribution is 2.23. The number of benzene rings is 1. The van der Waals surface area contributed by atoms with Crippen LogP contribution in [0.4, 0.5) is 11.5 Å². The second-order valence-corrected chi connectivity index (χ2v) is 6.84. The van der Waals surface area contributed by atoms with Crippen LogP contribution in [0, 0.1) is 0 Å². The Labute approximate surface area is 130 Å². The van der Waals surface area contributed by atoms with Crippen molar-refractivity contribution in [1.29, 1.82) is 0 Å². The minimum atomic E-state index is -3.85. The molecule has 1 heterocycles. The van der Waals surface area contributed by atoms with Gasteiger partial charge < -0.3 is 5.73 Å². The minimum Gasteiger partial charge on any atom is -0.383 e. The number of Topliss-reactive ketones (excluding diaryl/α,β-unsaturated/α-hetero) is 1. The van der Waals surface area contributed by atoms with Gasteiger partial charge in [-0.25, -0.2) is 13.4 Å². The van der Waals surface area contributed by atoms with Gasteiger partial charge in [-0.2, -0.15) is 0 Å². The Morgan fingerprint density at radius 3 is 2.48 bits per heavy atom. The topological polar surface area (TPSA) is 102 Å². The molecule has 21 heavy (non-hydrogen) atoms. The van der Waals surface area contributed by atoms with Crippen LogP contribution in [0.3, 0.4) is 0 Å². The van der Waals surface area contributed by atoms with Crippen LogP contribution in [0.15, 0.2) is 45.9 Å². The number of nitrogens with two attached hydrogens (primary N) is 1. The van der Waals surface area contributed by atoms with Crippen molar-refractivity contribution in [2.45, 2.75) is 11.8 Å². The average Bonchev–Trinajstić information content (AvgIpc) is 2.41. The molecule has 0 saturated heterocycles. The molecule has 1 aromatic heterocycles. The predicted molar refractivity (Wildman–Crippen MR) is 83.6 cm³/mol. The molecule has 110 valence electrons. The number of sulfonamides is 1. The molecule has 1 aromatic carbocycles. The summed E-state index contributed by atoms with van der Waals surface area (Å²) in [5, 5.41) is 0. The van der Waals surface area contributed by atoms with E-state index in [2.05, 4.69) is 25.6 Å². The van der Waals surface area contributed by atoms with Gasteiger partial charge >= 0.3 is 0 Å². The molecule has 0 aliphatic heterocycles. The highest BCUT2D eigenvalue weighted by Gasteiger charge is 2.19. The summed E-state index contributed by atoms with van der Waals surface area (Å²) in [6.45, 7) is 1.44. The summed E-state index contributed by atoms with van der Waals surface area (Å²) >= 11 is 3.15. The van der Waals surface area contributed by atoms with Crippen molar-refractivity contribution in [3.05, 3.63) is 46.6 Å². The first-order valence-electron chi connectivity index (χ1n) is 5.84. The Morgan fingerprint density at radius 1 is 1.29 bits per heavy atom. The van der Waals surface area contributed by atoms with Crippen LogP contribution in [0.1, 0.15) is 17.3 Å². The normalized spacial score (nSPS) is 11.1. The molecule has 0 aliphatic carbocycles. The monoisotopic (exact) mass is 369 g/mol. The number of halogens is 1. The molecule has 2 rings (SSSR count). The summed E-state index contributed by atoms with van der Waals surface area (Å²) in [4.78, 5) is 14.8. The zero-order valence-corrected chi connectivity index (χ0v) is 13.4. The Hall–Kier alpha value is -1.93. The van der Waals surface area contributed by atoms with Crippen LogP contribution in [0.5, 0.6) is 0 Å². The molecule has 0 unspecified atom stereocenters. The lowest BCUT2D eigenvalue weighted by molar-refractivity contribution is 0.101. The van der Waals surface area contributed by atoms with E-state index in [1.54, 1.807) is 12.1 Å². The number of nitrogen functional groups attached to an aromatic ring is 1. The number of ketones is 1. The third-order valence-corrected chi connectivity index (χ3v) is 4.53. The molecule has 6 nitrogen and oxygen atoms in total. The zero-order chi connectivity index (χ0) is 15.6. The van der Waals surface area contributed by atoms with E-state index in [0.717, 1.165) is 0 Å². The zero-order valence-electron chi connectivity index (χ0n) is 11.0. The van der Waals surface area contributed by atoms with Crippen LogP contribution < -0.4 is 10.5 Å². The first kappa shape index (κ1) is 15.5. The first-order valence-corrected chi connectivity index (χ1v) is 8.12. The summed E-state index contributed by atoms with van der Waals surface area (Å²) in [5.74, 6) is -0.184. The molecule has 0 spiro atoms. The van der Waals surface area contributed by atoms with E-state index >= 15 is 0 Å². The largest absolute Gasteiger partial charge is 0.383 e. The van der Waals surface area contributed by atoms with Crippen LogP contribution in [-0.2, 0) is 10.0 Å². The highest BCUT2D eigenvalue weighted by molar-refractivity contribution is 9.10. The molecule has 2 aromatic rings. The van der Waals surface area contributed by atoms with Crippen LogP contribution in [-0.4, -0.2) is 19.2 Å². The minimum absolute atomic E-state index is 0.0916. The van der Waals surface area contributed by atoms with E-state index in [9.17, 15) is 13.2 Å². The fourth-order valence-electron chi connectivity index (χ4n) is 1.63. The standard InChI is InChI=1S/C13H12BrN3O3S/c1-8(18)9-2-4-11(5-3-9)17-21(19,20)12-6-10(14)7-16-13(12)15/h2-7,17H,1H3,(H2,15,16). The molecular formula is C13H12BrN3O3S. The number of nitrogens with one attached hydrogen (secondary N) is 1. The number of carbonyl (C=O) groups excluding carboxylic acids is 1. The third kappa shape index (κ3) is 3.59. The van der Waals surface area contributed by atoms with E-state index in [0.29, 0.717) is 15.7 Å². The maximum atomic E-state index is 12.3. The molecule has 8 heteroatoms. The van der Waals surface area contributed by atoms with Crippen molar-refractivity contribution in [3.63, 3.8) is 0 Å². The number of nitrogens with zero attached hydrogens (tertiary/aromatic N) is 1. The number of hydrogen-bond acceptors (Lipinski definition) is 5. The van der Waals surface area contributed by atoms with Gasteiger partial charge in [-0.1, -0.05) is 0 Å². The van der Waals surface area contributed by atoms with Crippen molar-refractivity contribution in [2.24, 2.45) is 0 Å². The lowest BCUT2D eigenvalue weighted by Crippen LogP contribution is -2.15. The highest BCUT2D eigenvalue weighted by atomic mass is 79.9. The second-order valence-electron chi connectivity index (χ2n) is 4.28. The lowest BCUT2D eigenvalue weighted by Gasteiger charge is -2.10. The van der Waals surface area contributed by atoms with Crippen molar-refractivity contribution in [2.75, 3.05) is 10.5 Å². The quantitative estimate of drug-likeness (QED) is 0.805. The van der Waals surface area contributed by atoms with Gasteiger partial charge in [0.1, 0.15) is 10.7 Å². The molecule has 0 atom stereocenters. The van der Waals surface area contributed by atoms with E-state index < -0.39 is 10.0 Å². The summed E-state index contributed by atoms with van der Waals surface area (Å²) in [5.41, 5.74) is 6.43.